The van der Waals surface area contributed by atoms with E-state index >= 15 is 0 Å². The van der Waals surface area contributed by atoms with E-state index in [4.69, 9.17) is 14.2 Å². The molecule has 0 aliphatic carbocycles. The molecule has 2 aromatic carbocycles. The molecule has 0 aliphatic rings. The minimum Gasteiger partial charge on any atom is -0.489 e. The number of hydrogen-bond acceptors (Lipinski definition) is 3. The van der Waals surface area contributed by atoms with Crippen molar-refractivity contribution in [3.63, 3.8) is 0 Å². The van der Waals surface area contributed by atoms with Crippen LogP contribution in [0.25, 0.3) is 0 Å². The van der Waals surface area contributed by atoms with E-state index in [1.54, 1.807) is 12.1 Å². The lowest BCUT2D eigenvalue weighted by Crippen LogP contribution is -1.97. The first-order valence-corrected chi connectivity index (χ1v) is 6.48. The Balaban J connectivity index is 1.96. The van der Waals surface area contributed by atoms with Crippen molar-refractivity contribution in [2.24, 2.45) is 0 Å². The molecule has 1 unspecified atom stereocenters. The van der Waals surface area contributed by atoms with Crippen LogP contribution in [-0.4, -0.2) is 4.89 Å². The molecule has 0 amide bonds. The first-order chi connectivity index (χ1) is 8.79. The van der Waals surface area contributed by atoms with Crippen molar-refractivity contribution in [3.8, 4) is 11.5 Å². The van der Waals surface area contributed by atoms with Gasteiger partial charge in [-0.2, -0.15) is 0 Å². The summed E-state index contributed by atoms with van der Waals surface area (Å²) < 4.78 is 10.7. The average molecular weight is 262 g/mol. The van der Waals surface area contributed by atoms with Crippen molar-refractivity contribution in [2.75, 3.05) is 0 Å². The molecular formula is C14H15O3P. The molecule has 3 nitrogen and oxygen atoms in total. The molecule has 0 saturated heterocycles. The summed E-state index contributed by atoms with van der Waals surface area (Å²) in [5.74, 6) is 1.42. The molecule has 94 valence electrons. The third-order valence-electron chi connectivity index (χ3n) is 2.64. The van der Waals surface area contributed by atoms with Crippen molar-refractivity contribution in [3.05, 3.63) is 59.7 Å². The summed E-state index contributed by atoms with van der Waals surface area (Å²) in [5.41, 5.74) is 2.40. The van der Waals surface area contributed by atoms with Crippen LogP contribution in [0.4, 0.5) is 0 Å². The van der Waals surface area contributed by atoms with Gasteiger partial charge in [0.05, 0.1) is 0 Å². The highest BCUT2D eigenvalue weighted by Crippen LogP contribution is 2.22. The summed E-state index contributed by atoms with van der Waals surface area (Å²) in [6, 6.07) is 15.3. The maximum absolute atomic E-state index is 8.65. The molecule has 0 aliphatic heterocycles. The Hall–Kier alpha value is -1.57. The van der Waals surface area contributed by atoms with Crippen LogP contribution in [0.5, 0.6) is 11.5 Å². The van der Waals surface area contributed by atoms with E-state index < -0.39 is 9.03 Å². The number of rotatable bonds is 5. The molecule has 1 N–H and O–H groups in total. The summed E-state index contributed by atoms with van der Waals surface area (Å²) in [6.07, 6.45) is 0. The molecule has 4 heteroatoms. The first kappa shape index (κ1) is 12.9. The Labute approximate surface area is 108 Å². The van der Waals surface area contributed by atoms with Gasteiger partial charge in [0, 0.05) is 0 Å². The van der Waals surface area contributed by atoms with Gasteiger partial charge in [-0.15, -0.1) is 0 Å². The van der Waals surface area contributed by atoms with E-state index in [-0.39, 0.29) is 0 Å². The number of hydrogen-bond donors (Lipinski definition) is 1. The second kappa shape index (κ2) is 6.39. The summed E-state index contributed by atoms with van der Waals surface area (Å²) in [7, 11) is -0.532. The van der Waals surface area contributed by atoms with Crippen LogP contribution < -0.4 is 9.26 Å². The highest BCUT2D eigenvalue weighted by atomic mass is 31.1. The van der Waals surface area contributed by atoms with E-state index in [1.165, 1.54) is 11.1 Å². The highest BCUT2D eigenvalue weighted by Gasteiger charge is 1.99. The van der Waals surface area contributed by atoms with Crippen LogP contribution in [0.3, 0.4) is 0 Å². The third kappa shape index (κ3) is 3.46. The molecule has 0 aromatic heterocycles. The lowest BCUT2D eigenvalue weighted by molar-refractivity contribution is 0.305. The Kier molecular flexibility index (Phi) is 4.57. The number of aryl methyl sites for hydroxylation is 1. The van der Waals surface area contributed by atoms with Crippen molar-refractivity contribution in [1.29, 1.82) is 0 Å². The van der Waals surface area contributed by atoms with Gasteiger partial charge < -0.3 is 14.2 Å². The molecule has 0 heterocycles. The fourth-order valence-electron chi connectivity index (χ4n) is 1.59. The van der Waals surface area contributed by atoms with Gasteiger partial charge in [0.1, 0.15) is 18.1 Å². The molecule has 2 rings (SSSR count). The second-order valence-corrected chi connectivity index (χ2v) is 4.27. The standard InChI is InChI=1S/C14H15O3P/c1-11-4-2-3-5-12(11)10-16-13-6-8-14(9-7-13)17-18-15/h2-9,15,18H,10H2,1H3. The zero-order valence-electron chi connectivity index (χ0n) is 10.1. The fraction of sp³-hybridized carbons (Fsp3) is 0.143. The van der Waals surface area contributed by atoms with Crippen molar-refractivity contribution >= 4 is 9.03 Å². The minimum absolute atomic E-state index is 0.532. The quantitative estimate of drug-likeness (QED) is 0.839. The molecule has 2 aromatic rings. The molecule has 0 fully saturated rings. The van der Waals surface area contributed by atoms with Crippen molar-refractivity contribution in [1.82, 2.24) is 0 Å². The predicted octanol–water partition coefficient (Wildman–Crippen LogP) is 3.45. The van der Waals surface area contributed by atoms with Crippen LogP contribution in [0.1, 0.15) is 11.1 Å². The van der Waals surface area contributed by atoms with Crippen molar-refractivity contribution < 1.29 is 14.2 Å². The predicted molar refractivity (Wildman–Crippen MR) is 73.1 cm³/mol. The fourth-order valence-corrected chi connectivity index (χ4v) is 1.83. The largest absolute Gasteiger partial charge is 0.489 e. The average Bonchev–Trinajstić information content (AvgIpc) is 2.40. The Morgan fingerprint density at radius 1 is 1.00 bits per heavy atom. The normalized spacial score (nSPS) is 10.8. The molecular weight excluding hydrogens is 247 g/mol. The topological polar surface area (TPSA) is 38.7 Å². The summed E-state index contributed by atoms with van der Waals surface area (Å²) in [5, 5.41) is 0. The van der Waals surface area contributed by atoms with E-state index in [0.29, 0.717) is 12.4 Å². The van der Waals surface area contributed by atoms with E-state index in [2.05, 4.69) is 19.1 Å². The van der Waals surface area contributed by atoms with Crippen molar-refractivity contribution in [2.45, 2.75) is 13.5 Å². The van der Waals surface area contributed by atoms with Crippen LogP contribution in [0.2, 0.25) is 0 Å². The Bertz CT molecular complexity index is 497. The van der Waals surface area contributed by atoms with E-state index in [0.717, 1.165) is 5.75 Å². The van der Waals surface area contributed by atoms with Crippen LogP contribution >= 0.6 is 9.03 Å². The highest BCUT2D eigenvalue weighted by molar-refractivity contribution is 7.25. The lowest BCUT2D eigenvalue weighted by Gasteiger charge is -2.09. The molecule has 0 radical (unpaired) electrons. The maximum atomic E-state index is 8.65. The number of ether oxygens (including phenoxy) is 1. The molecule has 1 atom stereocenters. The second-order valence-electron chi connectivity index (χ2n) is 3.88. The summed E-state index contributed by atoms with van der Waals surface area (Å²) in [6.45, 7) is 2.62. The Morgan fingerprint density at radius 3 is 2.33 bits per heavy atom. The Morgan fingerprint density at radius 2 is 1.67 bits per heavy atom. The lowest BCUT2D eigenvalue weighted by atomic mass is 10.1. The monoisotopic (exact) mass is 262 g/mol. The van der Waals surface area contributed by atoms with Gasteiger partial charge in [0.15, 0.2) is 0 Å². The first-order valence-electron chi connectivity index (χ1n) is 5.63. The molecule has 0 spiro atoms. The zero-order chi connectivity index (χ0) is 12.8. The zero-order valence-corrected chi connectivity index (χ0v) is 11.1. The van der Waals surface area contributed by atoms with Gasteiger partial charge in [0.2, 0.25) is 9.03 Å². The minimum atomic E-state index is -0.532. The number of benzene rings is 2. The van der Waals surface area contributed by atoms with Gasteiger partial charge in [0.25, 0.3) is 0 Å². The van der Waals surface area contributed by atoms with Crippen LogP contribution in [-0.2, 0) is 6.61 Å². The van der Waals surface area contributed by atoms with Gasteiger partial charge in [-0.3, -0.25) is 0 Å². The maximum Gasteiger partial charge on any atom is 0.212 e. The molecule has 18 heavy (non-hydrogen) atoms. The van der Waals surface area contributed by atoms with Gasteiger partial charge in [-0.1, -0.05) is 24.3 Å². The summed E-state index contributed by atoms with van der Waals surface area (Å²) >= 11 is 0. The van der Waals surface area contributed by atoms with E-state index in [1.807, 2.05) is 24.3 Å². The van der Waals surface area contributed by atoms with Gasteiger partial charge in [-0.05, 0) is 42.3 Å². The SMILES string of the molecule is Cc1ccccc1COc1ccc(OPO)cc1. The molecule has 0 bridgehead atoms. The summed E-state index contributed by atoms with van der Waals surface area (Å²) in [4.78, 5) is 8.65. The van der Waals surface area contributed by atoms with Crippen LogP contribution in [0.15, 0.2) is 48.5 Å². The van der Waals surface area contributed by atoms with Gasteiger partial charge >= 0.3 is 0 Å². The smallest absolute Gasteiger partial charge is 0.212 e. The van der Waals surface area contributed by atoms with E-state index in [9.17, 15) is 0 Å². The molecule has 0 saturated carbocycles. The van der Waals surface area contributed by atoms with Crippen LogP contribution in [0, 0.1) is 6.92 Å². The third-order valence-corrected chi connectivity index (χ3v) is 2.97. The van der Waals surface area contributed by atoms with Gasteiger partial charge in [-0.25, -0.2) is 0 Å².